The van der Waals surface area contributed by atoms with Crippen LogP contribution >= 0.6 is 23.2 Å². The van der Waals surface area contributed by atoms with E-state index in [0.29, 0.717) is 5.41 Å². The average Bonchev–Trinajstić information content (AvgIpc) is 2.34. The molecule has 0 N–H and O–H groups in total. The zero-order chi connectivity index (χ0) is 10.1. The first-order valence-electron chi connectivity index (χ1n) is 5.08. The van der Waals surface area contributed by atoms with Gasteiger partial charge in [-0.1, -0.05) is 13.8 Å². The van der Waals surface area contributed by atoms with Crippen molar-refractivity contribution in [2.24, 2.45) is 5.41 Å². The third-order valence-corrected chi connectivity index (χ3v) is 3.43. The lowest BCUT2D eigenvalue weighted by atomic mass is 9.67. The number of hydrogen-bond donors (Lipinski definition) is 0. The van der Waals surface area contributed by atoms with E-state index >= 15 is 0 Å². The van der Waals surface area contributed by atoms with Gasteiger partial charge in [0.05, 0.1) is 0 Å². The van der Waals surface area contributed by atoms with Gasteiger partial charge in [-0.2, -0.15) is 0 Å². The van der Waals surface area contributed by atoms with Gasteiger partial charge in [0.15, 0.2) is 0 Å². The Morgan fingerprint density at radius 1 is 1.15 bits per heavy atom. The zero-order valence-corrected chi connectivity index (χ0v) is 10.3. The standard InChI is InChI=1S/C8H13Cl2N.C2H6/c1-11-3-2-7(6-11)4-8(9,10)5-7;1-2/h2-6H2,1H3;1-2H3. The molecule has 1 nitrogen and oxygen atoms in total. The number of nitrogens with zero attached hydrogens (tertiary/aromatic N) is 1. The topological polar surface area (TPSA) is 3.24 Å². The second kappa shape index (κ2) is 3.96. The second-order valence-electron chi connectivity index (χ2n) is 4.20. The lowest BCUT2D eigenvalue weighted by Crippen LogP contribution is -2.45. The van der Waals surface area contributed by atoms with Gasteiger partial charge < -0.3 is 4.90 Å². The fourth-order valence-electron chi connectivity index (χ4n) is 2.49. The van der Waals surface area contributed by atoms with Crippen molar-refractivity contribution in [1.29, 1.82) is 0 Å². The van der Waals surface area contributed by atoms with Crippen LogP contribution in [0, 0.1) is 5.41 Å². The first kappa shape index (κ1) is 11.6. The molecule has 0 bridgehead atoms. The lowest BCUT2D eigenvalue weighted by Gasteiger charge is -2.47. The van der Waals surface area contributed by atoms with E-state index in [-0.39, 0.29) is 0 Å². The molecule has 2 fully saturated rings. The summed E-state index contributed by atoms with van der Waals surface area (Å²) < 4.78 is -0.398. The number of likely N-dealkylation sites (tertiary alicyclic amines) is 1. The van der Waals surface area contributed by atoms with Crippen LogP contribution in [0.25, 0.3) is 0 Å². The van der Waals surface area contributed by atoms with Crippen molar-refractivity contribution in [2.45, 2.75) is 37.4 Å². The summed E-state index contributed by atoms with van der Waals surface area (Å²) in [5.41, 5.74) is 0.484. The fraction of sp³-hybridized carbons (Fsp3) is 1.00. The van der Waals surface area contributed by atoms with Crippen molar-refractivity contribution in [3.8, 4) is 0 Å². The van der Waals surface area contributed by atoms with Gasteiger partial charge in [-0.15, -0.1) is 23.2 Å². The lowest BCUT2D eigenvalue weighted by molar-refractivity contribution is 0.131. The molecule has 1 spiro atoms. The molecule has 0 aromatic rings. The quantitative estimate of drug-likeness (QED) is 0.570. The van der Waals surface area contributed by atoms with E-state index in [2.05, 4.69) is 11.9 Å². The minimum Gasteiger partial charge on any atom is -0.306 e. The first-order chi connectivity index (χ1) is 6.02. The summed E-state index contributed by atoms with van der Waals surface area (Å²) in [5.74, 6) is 0. The molecule has 78 valence electrons. The summed E-state index contributed by atoms with van der Waals surface area (Å²) in [4.78, 5) is 2.36. The average molecular weight is 224 g/mol. The van der Waals surface area contributed by atoms with E-state index in [1.54, 1.807) is 0 Å². The van der Waals surface area contributed by atoms with E-state index in [0.717, 1.165) is 12.8 Å². The summed E-state index contributed by atoms with van der Waals surface area (Å²) in [7, 11) is 2.16. The van der Waals surface area contributed by atoms with Crippen LogP contribution in [0.4, 0.5) is 0 Å². The van der Waals surface area contributed by atoms with Crippen LogP contribution in [0.5, 0.6) is 0 Å². The van der Waals surface area contributed by atoms with E-state index in [9.17, 15) is 0 Å². The highest BCUT2D eigenvalue weighted by Gasteiger charge is 2.54. The molecule has 1 saturated carbocycles. The maximum atomic E-state index is 5.97. The minimum atomic E-state index is -0.398. The van der Waals surface area contributed by atoms with Crippen molar-refractivity contribution in [2.75, 3.05) is 20.1 Å². The summed E-state index contributed by atoms with van der Waals surface area (Å²) in [6.07, 6.45) is 3.27. The van der Waals surface area contributed by atoms with Crippen LogP contribution in [0.1, 0.15) is 33.1 Å². The van der Waals surface area contributed by atoms with Gasteiger partial charge in [-0.25, -0.2) is 0 Å². The van der Waals surface area contributed by atoms with Crippen molar-refractivity contribution >= 4 is 23.2 Å². The van der Waals surface area contributed by atoms with Gasteiger partial charge in [0.25, 0.3) is 0 Å². The van der Waals surface area contributed by atoms with E-state index in [4.69, 9.17) is 23.2 Å². The largest absolute Gasteiger partial charge is 0.306 e. The fourth-order valence-corrected chi connectivity index (χ4v) is 3.63. The highest BCUT2D eigenvalue weighted by molar-refractivity contribution is 6.49. The Morgan fingerprint density at radius 2 is 1.69 bits per heavy atom. The molecule has 2 aliphatic rings. The summed E-state index contributed by atoms with van der Waals surface area (Å²) >= 11 is 11.9. The summed E-state index contributed by atoms with van der Waals surface area (Å²) in [6, 6.07) is 0. The van der Waals surface area contributed by atoms with Crippen LogP contribution in [-0.2, 0) is 0 Å². The maximum absolute atomic E-state index is 5.97. The second-order valence-corrected chi connectivity index (χ2v) is 5.84. The van der Waals surface area contributed by atoms with Gasteiger partial charge in [0.1, 0.15) is 4.33 Å². The smallest absolute Gasteiger partial charge is 0.119 e. The molecule has 0 radical (unpaired) electrons. The molecule has 2 rings (SSSR count). The maximum Gasteiger partial charge on any atom is 0.119 e. The van der Waals surface area contributed by atoms with Crippen LogP contribution in [0.2, 0.25) is 0 Å². The third-order valence-electron chi connectivity index (χ3n) is 2.90. The molecule has 1 aliphatic heterocycles. The molecule has 1 heterocycles. The highest BCUT2D eigenvalue weighted by atomic mass is 35.5. The van der Waals surface area contributed by atoms with Gasteiger partial charge in [0, 0.05) is 6.54 Å². The monoisotopic (exact) mass is 223 g/mol. The van der Waals surface area contributed by atoms with Crippen molar-refractivity contribution in [3.63, 3.8) is 0 Å². The molecule has 0 amide bonds. The Kier molecular flexibility index (Phi) is 3.54. The molecule has 13 heavy (non-hydrogen) atoms. The van der Waals surface area contributed by atoms with Gasteiger partial charge in [0.2, 0.25) is 0 Å². The molecule has 0 aromatic heterocycles. The normalized spacial score (nSPS) is 29.3. The number of rotatable bonds is 0. The number of halogens is 2. The van der Waals surface area contributed by atoms with E-state index in [1.165, 1.54) is 19.5 Å². The van der Waals surface area contributed by atoms with Gasteiger partial charge in [-0.05, 0) is 38.3 Å². The Morgan fingerprint density at radius 3 is 2.00 bits per heavy atom. The molecule has 0 aromatic carbocycles. The molecular formula is C10H19Cl2N. The zero-order valence-electron chi connectivity index (χ0n) is 8.74. The Bertz CT molecular complexity index is 172. The molecule has 0 atom stereocenters. The molecule has 0 unspecified atom stereocenters. The predicted octanol–water partition coefficient (Wildman–Crippen LogP) is 3.30. The van der Waals surface area contributed by atoms with Crippen LogP contribution in [-0.4, -0.2) is 29.4 Å². The van der Waals surface area contributed by atoms with Crippen molar-refractivity contribution < 1.29 is 0 Å². The van der Waals surface area contributed by atoms with E-state index in [1.807, 2.05) is 13.8 Å². The number of alkyl halides is 2. The van der Waals surface area contributed by atoms with Crippen LogP contribution in [0.3, 0.4) is 0 Å². The predicted molar refractivity (Wildman–Crippen MR) is 59.6 cm³/mol. The molecule has 3 heteroatoms. The molecule has 1 aliphatic carbocycles. The van der Waals surface area contributed by atoms with Gasteiger partial charge in [-0.3, -0.25) is 0 Å². The summed E-state index contributed by atoms with van der Waals surface area (Å²) in [6.45, 7) is 6.40. The van der Waals surface area contributed by atoms with Crippen molar-refractivity contribution in [3.05, 3.63) is 0 Å². The number of hydrogen-bond acceptors (Lipinski definition) is 1. The summed E-state index contributed by atoms with van der Waals surface area (Å²) in [5, 5.41) is 0. The van der Waals surface area contributed by atoms with E-state index < -0.39 is 4.33 Å². The Hall–Kier alpha value is 0.540. The molecule has 1 saturated heterocycles. The van der Waals surface area contributed by atoms with Crippen LogP contribution < -0.4 is 0 Å². The van der Waals surface area contributed by atoms with Crippen molar-refractivity contribution in [1.82, 2.24) is 4.90 Å². The molecular weight excluding hydrogens is 205 g/mol. The third kappa shape index (κ3) is 2.51. The first-order valence-corrected chi connectivity index (χ1v) is 5.83. The Balaban J connectivity index is 0.000000396. The highest BCUT2D eigenvalue weighted by Crippen LogP contribution is 2.58. The van der Waals surface area contributed by atoms with Crippen LogP contribution in [0.15, 0.2) is 0 Å². The van der Waals surface area contributed by atoms with Gasteiger partial charge >= 0.3 is 0 Å². The Labute approximate surface area is 91.4 Å². The SMILES string of the molecule is CC.CN1CCC2(C1)CC(Cl)(Cl)C2. The minimum absolute atomic E-state index is 0.398.